The molecule has 3 heterocycles. The second kappa shape index (κ2) is 9.77. The smallest absolute Gasteiger partial charge is 0.318 e. The monoisotopic (exact) mass is 461 g/mol. The summed E-state index contributed by atoms with van der Waals surface area (Å²) in [7, 11) is 0. The maximum absolute atomic E-state index is 14.5. The second-order valence-electron chi connectivity index (χ2n) is 8.68. The molecule has 5 rings (SSSR count). The summed E-state index contributed by atoms with van der Waals surface area (Å²) in [5, 5.41) is 2.47. The van der Waals surface area contributed by atoms with E-state index < -0.39 is 0 Å². The molecule has 0 bridgehead atoms. The summed E-state index contributed by atoms with van der Waals surface area (Å²) in [6, 6.07) is 14.7. The Labute approximate surface area is 197 Å². The van der Waals surface area contributed by atoms with Crippen LogP contribution in [0.5, 0.6) is 6.01 Å². The first-order chi connectivity index (χ1) is 16.6. The number of ether oxygens (including phenoxy) is 1. The summed E-state index contributed by atoms with van der Waals surface area (Å²) >= 11 is 0. The Morgan fingerprint density at radius 2 is 1.79 bits per heavy atom. The van der Waals surface area contributed by atoms with Gasteiger partial charge in [0.15, 0.2) is 0 Å². The summed E-state index contributed by atoms with van der Waals surface area (Å²) in [4.78, 5) is 27.7. The topological polar surface area (TPSA) is 74.3 Å². The Balaban J connectivity index is 1.09. The Bertz CT molecular complexity index is 1360. The van der Waals surface area contributed by atoms with Crippen LogP contribution in [0.1, 0.15) is 18.5 Å². The van der Waals surface area contributed by atoms with E-state index in [-0.39, 0.29) is 11.4 Å². The number of rotatable bonds is 7. The molecular formula is C26H28FN5O2. The van der Waals surface area contributed by atoms with Crippen molar-refractivity contribution in [1.29, 1.82) is 0 Å². The van der Waals surface area contributed by atoms with Crippen molar-refractivity contribution in [3.63, 3.8) is 0 Å². The lowest BCUT2D eigenvalue weighted by Gasteiger charge is -2.36. The Morgan fingerprint density at radius 3 is 2.62 bits per heavy atom. The molecule has 2 aromatic carbocycles. The molecular weight excluding hydrogens is 433 g/mol. The number of fused-ring (bicyclic) bond motifs is 2. The number of benzene rings is 2. The molecule has 0 spiro atoms. The van der Waals surface area contributed by atoms with Gasteiger partial charge in [0.1, 0.15) is 11.5 Å². The van der Waals surface area contributed by atoms with Crippen LogP contribution in [0, 0.1) is 12.7 Å². The van der Waals surface area contributed by atoms with Gasteiger partial charge in [0.2, 0.25) is 5.56 Å². The molecule has 0 amide bonds. The van der Waals surface area contributed by atoms with Crippen LogP contribution >= 0.6 is 0 Å². The third-order valence-electron chi connectivity index (χ3n) is 6.40. The van der Waals surface area contributed by atoms with Crippen molar-refractivity contribution in [3.05, 3.63) is 70.4 Å². The number of aryl methyl sites for hydroxylation is 1. The van der Waals surface area contributed by atoms with E-state index in [2.05, 4.69) is 24.8 Å². The number of anilines is 1. The van der Waals surface area contributed by atoms with Gasteiger partial charge in [-0.25, -0.2) is 4.39 Å². The van der Waals surface area contributed by atoms with Gasteiger partial charge in [-0.05, 0) is 49.9 Å². The standard InChI is InChI=1S/C26H28FN5O2/c1-18-20-10-11-23(33)29-25(20)30-26(28-18)34-17-3-2-12-31-13-15-32(16-14-31)22-9-5-7-19-6-4-8-21(27)24(19)22/h4-11H,2-3,12-17H2,1H3,(H,28,29,30,33). The van der Waals surface area contributed by atoms with Gasteiger partial charge in [-0.1, -0.05) is 24.3 Å². The Kier molecular flexibility index (Phi) is 6.40. The quantitative estimate of drug-likeness (QED) is 0.421. The maximum atomic E-state index is 14.5. The fourth-order valence-electron chi connectivity index (χ4n) is 4.59. The van der Waals surface area contributed by atoms with E-state index in [0.29, 0.717) is 23.7 Å². The van der Waals surface area contributed by atoms with Crippen LogP contribution in [-0.4, -0.2) is 59.2 Å². The summed E-state index contributed by atoms with van der Waals surface area (Å²) in [6.07, 6.45) is 1.90. The molecule has 1 N–H and O–H groups in total. The van der Waals surface area contributed by atoms with Crippen molar-refractivity contribution in [1.82, 2.24) is 19.9 Å². The molecule has 0 atom stereocenters. The van der Waals surface area contributed by atoms with Crippen LogP contribution in [0.25, 0.3) is 21.8 Å². The molecule has 4 aromatic rings. The Morgan fingerprint density at radius 1 is 1.00 bits per heavy atom. The zero-order valence-electron chi connectivity index (χ0n) is 19.3. The number of nitrogens with zero attached hydrogens (tertiary/aromatic N) is 4. The normalized spacial score (nSPS) is 14.7. The van der Waals surface area contributed by atoms with Crippen molar-refractivity contribution in [3.8, 4) is 6.01 Å². The number of H-pyrrole nitrogens is 1. The molecule has 34 heavy (non-hydrogen) atoms. The molecule has 1 saturated heterocycles. The van der Waals surface area contributed by atoms with Crippen molar-refractivity contribution in [2.24, 2.45) is 0 Å². The van der Waals surface area contributed by atoms with E-state index >= 15 is 0 Å². The molecule has 0 saturated carbocycles. The van der Waals surface area contributed by atoms with Gasteiger partial charge in [-0.15, -0.1) is 0 Å². The lowest BCUT2D eigenvalue weighted by Crippen LogP contribution is -2.46. The lowest BCUT2D eigenvalue weighted by atomic mass is 10.1. The van der Waals surface area contributed by atoms with Crippen molar-refractivity contribution in [2.75, 3.05) is 44.2 Å². The number of aromatic nitrogens is 3. The van der Waals surface area contributed by atoms with Crippen molar-refractivity contribution < 1.29 is 9.13 Å². The van der Waals surface area contributed by atoms with E-state index in [9.17, 15) is 9.18 Å². The lowest BCUT2D eigenvalue weighted by molar-refractivity contribution is 0.234. The molecule has 0 radical (unpaired) electrons. The minimum Gasteiger partial charge on any atom is -0.463 e. The zero-order chi connectivity index (χ0) is 23.5. The first kappa shape index (κ1) is 22.3. The second-order valence-corrected chi connectivity index (χ2v) is 8.68. The highest BCUT2D eigenvalue weighted by atomic mass is 19.1. The summed E-state index contributed by atoms with van der Waals surface area (Å²) in [5.41, 5.74) is 2.07. The average molecular weight is 462 g/mol. The van der Waals surface area contributed by atoms with Crippen LogP contribution in [-0.2, 0) is 0 Å². The van der Waals surface area contributed by atoms with E-state index in [0.717, 1.165) is 67.7 Å². The molecule has 2 aromatic heterocycles. The molecule has 1 aliphatic heterocycles. The summed E-state index contributed by atoms with van der Waals surface area (Å²) in [6.45, 7) is 7.06. The van der Waals surface area contributed by atoms with E-state index in [1.54, 1.807) is 12.1 Å². The van der Waals surface area contributed by atoms with Crippen LogP contribution < -0.4 is 15.2 Å². The van der Waals surface area contributed by atoms with Gasteiger partial charge in [0, 0.05) is 48.7 Å². The Hall–Kier alpha value is -3.52. The largest absolute Gasteiger partial charge is 0.463 e. The zero-order valence-corrected chi connectivity index (χ0v) is 19.3. The number of hydrogen-bond acceptors (Lipinski definition) is 6. The predicted octanol–water partition coefficient (Wildman–Crippen LogP) is 3.90. The number of unbranched alkanes of at least 4 members (excludes halogenated alkanes) is 1. The van der Waals surface area contributed by atoms with Crippen LogP contribution in [0.4, 0.5) is 10.1 Å². The van der Waals surface area contributed by atoms with Gasteiger partial charge >= 0.3 is 6.01 Å². The first-order valence-electron chi connectivity index (χ1n) is 11.7. The van der Waals surface area contributed by atoms with Crippen molar-refractivity contribution in [2.45, 2.75) is 19.8 Å². The van der Waals surface area contributed by atoms with Gasteiger partial charge in [0.05, 0.1) is 12.3 Å². The molecule has 176 valence electrons. The molecule has 1 aliphatic rings. The van der Waals surface area contributed by atoms with Gasteiger partial charge < -0.3 is 14.6 Å². The highest BCUT2D eigenvalue weighted by molar-refractivity contribution is 5.94. The minimum atomic E-state index is -0.192. The predicted molar refractivity (Wildman–Crippen MR) is 132 cm³/mol. The first-order valence-corrected chi connectivity index (χ1v) is 11.7. The van der Waals surface area contributed by atoms with Crippen LogP contribution in [0.2, 0.25) is 0 Å². The average Bonchev–Trinajstić information content (AvgIpc) is 2.84. The number of piperazine rings is 1. The number of pyridine rings is 1. The highest BCUT2D eigenvalue weighted by Crippen LogP contribution is 2.30. The van der Waals surface area contributed by atoms with Crippen LogP contribution in [0.15, 0.2) is 53.3 Å². The van der Waals surface area contributed by atoms with Gasteiger partial charge in [-0.2, -0.15) is 9.97 Å². The van der Waals surface area contributed by atoms with Crippen molar-refractivity contribution >= 4 is 27.5 Å². The maximum Gasteiger partial charge on any atom is 0.318 e. The molecule has 0 aliphatic carbocycles. The summed E-state index contributed by atoms with van der Waals surface area (Å²) < 4.78 is 20.2. The summed E-state index contributed by atoms with van der Waals surface area (Å²) in [5.74, 6) is -0.160. The van der Waals surface area contributed by atoms with E-state index in [4.69, 9.17) is 4.74 Å². The number of hydrogen-bond donors (Lipinski definition) is 1. The third kappa shape index (κ3) is 4.72. The highest BCUT2D eigenvalue weighted by Gasteiger charge is 2.19. The number of nitrogens with one attached hydrogen (secondary N) is 1. The molecule has 7 nitrogen and oxygen atoms in total. The molecule has 1 fully saturated rings. The minimum absolute atomic E-state index is 0.160. The molecule has 8 heteroatoms. The van der Waals surface area contributed by atoms with Gasteiger partial charge in [0.25, 0.3) is 0 Å². The fraction of sp³-hybridized carbons (Fsp3) is 0.346. The fourth-order valence-corrected chi connectivity index (χ4v) is 4.59. The van der Waals surface area contributed by atoms with Gasteiger partial charge in [-0.3, -0.25) is 9.69 Å². The number of halogens is 1. The third-order valence-corrected chi connectivity index (χ3v) is 6.40. The van der Waals surface area contributed by atoms with E-state index in [1.165, 1.54) is 12.1 Å². The van der Waals surface area contributed by atoms with E-state index in [1.807, 2.05) is 31.2 Å². The number of aromatic amines is 1. The van der Waals surface area contributed by atoms with Crippen LogP contribution in [0.3, 0.4) is 0 Å². The SMILES string of the molecule is Cc1nc(OCCCCN2CCN(c3cccc4cccc(F)c34)CC2)nc2[nH]c(=O)ccc12. The molecule has 0 unspecified atom stereocenters.